The molecule has 1 aromatic rings. The zero-order valence-electron chi connectivity index (χ0n) is 8.25. The van der Waals surface area contributed by atoms with E-state index in [1.165, 1.54) is 18.3 Å². The Hall–Kier alpha value is -2.37. The van der Waals surface area contributed by atoms with Gasteiger partial charge in [0.25, 0.3) is 0 Å². The fourth-order valence-electron chi connectivity index (χ4n) is 1.22. The van der Waals surface area contributed by atoms with Gasteiger partial charge in [-0.2, -0.15) is 5.10 Å². The molecule has 0 atom stereocenters. The van der Waals surface area contributed by atoms with Crippen molar-refractivity contribution < 1.29 is 14.7 Å². The third-order valence-corrected chi connectivity index (χ3v) is 2.01. The highest BCUT2D eigenvalue weighted by Crippen LogP contribution is 2.08. The molecule has 0 aliphatic carbocycles. The third-order valence-electron chi connectivity index (χ3n) is 2.01. The van der Waals surface area contributed by atoms with Gasteiger partial charge in [-0.05, 0) is 29.8 Å². The van der Waals surface area contributed by atoms with Crippen LogP contribution in [0.3, 0.4) is 0 Å². The lowest BCUT2D eigenvalue weighted by molar-refractivity contribution is -0.118. The van der Waals surface area contributed by atoms with Crippen molar-refractivity contribution in [3.05, 3.63) is 29.8 Å². The number of hydrogen-bond acceptors (Lipinski definition) is 4. The summed E-state index contributed by atoms with van der Waals surface area (Å²) in [6.45, 7) is -0.0621. The number of aromatic hydroxyl groups is 1. The Kier molecular flexibility index (Phi) is 2.55. The second-order valence-corrected chi connectivity index (χ2v) is 3.25. The van der Waals surface area contributed by atoms with Gasteiger partial charge in [0, 0.05) is 0 Å². The number of hydrazone groups is 1. The van der Waals surface area contributed by atoms with E-state index in [2.05, 4.69) is 10.4 Å². The highest BCUT2D eigenvalue weighted by molar-refractivity contribution is 6.02. The number of carbonyl (C=O) groups is 2. The lowest BCUT2D eigenvalue weighted by atomic mass is 10.2. The van der Waals surface area contributed by atoms with Crippen molar-refractivity contribution in [3.63, 3.8) is 0 Å². The van der Waals surface area contributed by atoms with Crippen molar-refractivity contribution in [3.8, 4) is 5.75 Å². The summed E-state index contributed by atoms with van der Waals surface area (Å²) in [5, 5.41) is 16.0. The predicted molar refractivity (Wildman–Crippen MR) is 55.9 cm³/mol. The number of urea groups is 1. The molecule has 2 rings (SSSR count). The summed E-state index contributed by atoms with van der Waals surface area (Å²) in [6.07, 6.45) is 1.44. The summed E-state index contributed by atoms with van der Waals surface area (Å²) < 4.78 is 0. The van der Waals surface area contributed by atoms with Crippen LogP contribution in [0.5, 0.6) is 5.75 Å². The van der Waals surface area contributed by atoms with Gasteiger partial charge in [0.1, 0.15) is 12.3 Å². The maximum Gasteiger partial charge on any atom is 0.344 e. The number of phenolic OH excluding ortho intramolecular Hbond substituents is 1. The first kappa shape index (κ1) is 10.2. The predicted octanol–water partition coefficient (Wildman–Crippen LogP) is 0.278. The second-order valence-electron chi connectivity index (χ2n) is 3.25. The van der Waals surface area contributed by atoms with E-state index in [0.717, 1.165) is 10.6 Å². The van der Waals surface area contributed by atoms with Gasteiger partial charge in [0.2, 0.25) is 5.91 Å². The van der Waals surface area contributed by atoms with Gasteiger partial charge in [-0.3, -0.25) is 10.1 Å². The molecular formula is C10H9N3O3. The van der Waals surface area contributed by atoms with Crippen LogP contribution in [0, 0.1) is 0 Å². The molecule has 16 heavy (non-hydrogen) atoms. The maximum atomic E-state index is 11.1. The molecule has 0 aromatic heterocycles. The molecule has 0 radical (unpaired) electrons. The van der Waals surface area contributed by atoms with Crippen LogP contribution in [0.15, 0.2) is 29.4 Å². The van der Waals surface area contributed by atoms with Gasteiger partial charge in [0.05, 0.1) is 6.21 Å². The molecule has 0 bridgehead atoms. The van der Waals surface area contributed by atoms with Crippen molar-refractivity contribution in [1.29, 1.82) is 0 Å². The first-order chi connectivity index (χ1) is 7.65. The topological polar surface area (TPSA) is 82.0 Å². The van der Waals surface area contributed by atoms with Gasteiger partial charge in [0.15, 0.2) is 0 Å². The largest absolute Gasteiger partial charge is 0.508 e. The third kappa shape index (κ3) is 2.17. The molecule has 6 heteroatoms. The molecule has 1 heterocycles. The average molecular weight is 219 g/mol. The summed E-state index contributed by atoms with van der Waals surface area (Å²) >= 11 is 0. The Morgan fingerprint density at radius 3 is 2.56 bits per heavy atom. The molecule has 2 N–H and O–H groups in total. The zero-order chi connectivity index (χ0) is 11.5. The minimum Gasteiger partial charge on any atom is -0.508 e. The van der Waals surface area contributed by atoms with E-state index in [1.807, 2.05) is 0 Å². The molecule has 1 aromatic carbocycles. The van der Waals surface area contributed by atoms with E-state index in [4.69, 9.17) is 5.11 Å². The van der Waals surface area contributed by atoms with Crippen LogP contribution >= 0.6 is 0 Å². The number of phenols is 1. The minimum atomic E-state index is -0.528. The van der Waals surface area contributed by atoms with Crippen molar-refractivity contribution in [1.82, 2.24) is 10.3 Å². The zero-order valence-corrected chi connectivity index (χ0v) is 8.25. The van der Waals surface area contributed by atoms with Crippen LogP contribution in [0.4, 0.5) is 4.79 Å². The SMILES string of the molecule is O=C1CN(/N=C/c2ccc(O)cc2)C(=O)N1. The van der Waals surface area contributed by atoms with Crippen molar-refractivity contribution >= 4 is 18.2 Å². The van der Waals surface area contributed by atoms with Crippen LogP contribution in [0.1, 0.15) is 5.56 Å². The van der Waals surface area contributed by atoms with Crippen LogP contribution < -0.4 is 5.32 Å². The van der Waals surface area contributed by atoms with E-state index in [-0.39, 0.29) is 18.2 Å². The number of nitrogens with zero attached hydrogens (tertiary/aromatic N) is 2. The van der Waals surface area contributed by atoms with Crippen LogP contribution in [-0.4, -0.2) is 34.8 Å². The minimum absolute atomic E-state index is 0.0621. The van der Waals surface area contributed by atoms with E-state index in [0.29, 0.717) is 0 Å². The highest BCUT2D eigenvalue weighted by atomic mass is 16.3. The molecule has 6 nitrogen and oxygen atoms in total. The monoisotopic (exact) mass is 219 g/mol. The van der Waals surface area contributed by atoms with Gasteiger partial charge in [-0.15, -0.1) is 0 Å². The Bertz CT molecular complexity index is 453. The van der Waals surface area contributed by atoms with E-state index < -0.39 is 6.03 Å². The Labute approximate surface area is 91.2 Å². The molecule has 1 saturated heterocycles. The molecule has 82 valence electrons. The molecule has 1 aliphatic heterocycles. The fourth-order valence-corrected chi connectivity index (χ4v) is 1.22. The standard InChI is InChI=1S/C10H9N3O3/c14-8-3-1-7(2-4-8)5-11-13-6-9(15)12-10(13)16/h1-5,14H,6H2,(H,12,15,16)/b11-5+. The molecule has 3 amide bonds. The number of amides is 3. The number of carbonyl (C=O) groups excluding carboxylic acids is 2. The van der Waals surface area contributed by atoms with E-state index in [9.17, 15) is 9.59 Å². The quantitative estimate of drug-likeness (QED) is 0.553. The Morgan fingerprint density at radius 1 is 1.31 bits per heavy atom. The molecule has 0 spiro atoms. The van der Waals surface area contributed by atoms with Crippen LogP contribution in [0.25, 0.3) is 0 Å². The molecule has 0 unspecified atom stereocenters. The first-order valence-electron chi connectivity index (χ1n) is 4.59. The smallest absolute Gasteiger partial charge is 0.344 e. The number of nitrogens with one attached hydrogen (secondary N) is 1. The summed E-state index contributed by atoms with van der Waals surface area (Å²) in [6, 6.07) is 5.79. The van der Waals surface area contributed by atoms with Crippen LogP contribution in [0.2, 0.25) is 0 Å². The van der Waals surface area contributed by atoms with Crippen LogP contribution in [-0.2, 0) is 4.79 Å². The Morgan fingerprint density at radius 2 is 2.00 bits per heavy atom. The lowest BCUT2D eigenvalue weighted by Crippen LogP contribution is -2.24. The van der Waals surface area contributed by atoms with Gasteiger partial charge < -0.3 is 5.11 Å². The van der Waals surface area contributed by atoms with Gasteiger partial charge >= 0.3 is 6.03 Å². The van der Waals surface area contributed by atoms with Crippen molar-refractivity contribution in [2.75, 3.05) is 6.54 Å². The summed E-state index contributed by atoms with van der Waals surface area (Å²) in [7, 11) is 0. The first-order valence-corrected chi connectivity index (χ1v) is 4.59. The molecule has 1 aliphatic rings. The summed E-state index contributed by atoms with van der Waals surface area (Å²) in [5.74, 6) is -0.209. The summed E-state index contributed by atoms with van der Waals surface area (Å²) in [5.41, 5.74) is 0.727. The maximum absolute atomic E-state index is 11.1. The molecule has 0 saturated carbocycles. The number of rotatable bonds is 2. The normalized spacial score (nSPS) is 15.9. The number of benzene rings is 1. The van der Waals surface area contributed by atoms with E-state index >= 15 is 0 Å². The van der Waals surface area contributed by atoms with Gasteiger partial charge in [-0.25, -0.2) is 9.80 Å². The van der Waals surface area contributed by atoms with Crippen molar-refractivity contribution in [2.45, 2.75) is 0 Å². The average Bonchev–Trinajstić information content (AvgIpc) is 2.57. The van der Waals surface area contributed by atoms with Gasteiger partial charge in [-0.1, -0.05) is 0 Å². The number of hydrogen-bond donors (Lipinski definition) is 2. The van der Waals surface area contributed by atoms with Crippen molar-refractivity contribution in [2.24, 2.45) is 5.10 Å². The summed E-state index contributed by atoms with van der Waals surface area (Å²) in [4.78, 5) is 21.9. The highest BCUT2D eigenvalue weighted by Gasteiger charge is 2.25. The van der Waals surface area contributed by atoms with E-state index in [1.54, 1.807) is 12.1 Å². The second kappa shape index (κ2) is 4.01. The molecular weight excluding hydrogens is 210 g/mol. The molecule has 1 fully saturated rings. The Balaban J connectivity index is 2.07. The lowest BCUT2D eigenvalue weighted by Gasteiger charge is -2.03. The number of imide groups is 1. The fraction of sp³-hybridized carbons (Fsp3) is 0.100.